The van der Waals surface area contributed by atoms with Crippen molar-refractivity contribution in [1.82, 2.24) is 4.90 Å². The van der Waals surface area contributed by atoms with E-state index in [1.54, 1.807) is 0 Å². The Kier molecular flexibility index (Phi) is 5.58. The Morgan fingerprint density at radius 2 is 1.80 bits per heavy atom. The quantitative estimate of drug-likeness (QED) is 0.554. The van der Waals surface area contributed by atoms with Gasteiger partial charge < -0.3 is 16.4 Å². The van der Waals surface area contributed by atoms with Crippen LogP contribution in [-0.2, 0) is 0 Å². The van der Waals surface area contributed by atoms with Crippen LogP contribution in [0.3, 0.4) is 0 Å². The second kappa shape index (κ2) is 5.65. The van der Waals surface area contributed by atoms with E-state index in [1.807, 2.05) is 0 Å². The van der Waals surface area contributed by atoms with Gasteiger partial charge in [0, 0.05) is 19.1 Å². The molecule has 1 unspecified atom stereocenters. The fourth-order valence-corrected chi connectivity index (χ4v) is 0.888. The Labute approximate surface area is 63.4 Å². The van der Waals surface area contributed by atoms with Crippen LogP contribution >= 0.6 is 0 Å². The first kappa shape index (κ1) is 9.88. The van der Waals surface area contributed by atoms with Crippen LogP contribution in [0.5, 0.6) is 0 Å². The summed E-state index contributed by atoms with van der Waals surface area (Å²) in [7, 11) is 0. The van der Waals surface area contributed by atoms with Crippen LogP contribution in [0.1, 0.15) is 13.8 Å². The summed E-state index contributed by atoms with van der Waals surface area (Å²) in [5.41, 5.74) is 11.0. The van der Waals surface area contributed by atoms with E-state index in [2.05, 4.69) is 18.7 Å². The minimum Gasteiger partial charge on any atom is -0.329 e. The standard InChI is InChI=1S/C7H19N3/c1-3-10(4-2)6-7(9)5-8/h7H,3-6,8-9H2,1-2H3. The zero-order chi connectivity index (χ0) is 7.98. The third-order valence-electron chi connectivity index (χ3n) is 1.69. The monoisotopic (exact) mass is 145 g/mol. The number of likely N-dealkylation sites (N-methyl/N-ethyl adjacent to an activating group) is 1. The maximum absolute atomic E-state index is 5.66. The van der Waals surface area contributed by atoms with Crippen LogP contribution < -0.4 is 11.5 Å². The van der Waals surface area contributed by atoms with E-state index >= 15 is 0 Å². The van der Waals surface area contributed by atoms with E-state index in [0.717, 1.165) is 19.6 Å². The summed E-state index contributed by atoms with van der Waals surface area (Å²) in [6.45, 7) is 7.88. The third-order valence-corrected chi connectivity index (χ3v) is 1.69. The minimum absolute atomic E-state index is 0.139. The number of nitrogens with zero attached hydrogens (tertiary/aromatic N) is 1. The highest BCUT2D eigenvalue weighted by molar-refractivity contribution is 4.66. The van der Waals surface area contributed by atoms with Crippen molar-refractivity contribution in [2.75, 3.05) is 26.2 Å². The van der Waals surface area contributed by atoms with Gasteiger partial charge in [0.05, 0.1) is 0 Å². The smallest absolute Gasteiger partial charge is 0.0292 e. The molecule has 0 amide bonds. The first-order chi connectivity index (χ1) is 4.74. The fraction of sp³-hybridized carbons (Fsp3) is 1.00. The average Bonchev–Trinajstić information content (AvgIpc) is 1.99. The Bertz CT molecular complexity index is 71.3. The van der Waals surface area contributed by atoms with Gasteiger partial charge in [0.25, 0.3) is 0 Å². The first-order valence-corrected chi connectivity index (χ1v) is 3.92. The van der Waals surface area contributed by atoms with Crippen molar-refractivity contribution in [2.45, 2.75) is 19.9 Å². The molecule has 0 aliphatic carbocycles. The van der Waals surface area contributed by atoms with Gasteiger partial charge in [-0.3, -0.25) is 0 Å². The van der Waals surface area contributed by atoms with Crippen molar-refractivity contribution in [2.24, 2.45) is 11.5 Å². The molecule has 3 heteroatoms. The molecule has 0 aromatic rings. The molecule has 0 fully saturated rings. The van der Waals surface area contributed by atoms with E-state index in [0.29, 0.717) is 6.54 Å². The van der Waals surface area contributed by atoms with Gasteiger partial charge in [-0.15, -0.1) is 0 Å². The van der Waals surface area contributed by atoms with Gasteiger partial charge in [0.15, 0.2) is 0 Å². The number of hydrogen-bond acceptors (Lipinski definition) is 3. The highest BCUT2D eigenvalue weighted by Gasteiger charge is 2.03. The molecule has 0 heterocycles. The van der Waals surface area contributed by atoms with Gasteiger partial charge >= 0.3 is 0 Å². The number of nitrogens with two attached hydrogens (primary N) is 2. The molecule has 3 nitrogen and oxygen atoms in total. The van der Waals surface area contributed by atoms with Crippen LogP contribution in [0.25, 0.3) is 0 Å². The molecule has 62 valence electrons. The summed E-state index contributed by atoms with van der Waals surface area (Å²) in [5.74, 6) is 0. The number of hydrogen-bond donors (Lipinski definition) is 2. The molecule has 0 saturated heterocycles. The van der Waals surface area contributed by atoms with Gasteiger partial charge in [-0.2, -0.15) is 0 Å². The molecule has 1 atom stereocenters. The van der Waals surface area contributed by atoms with Gasteiger partial charge in [-0.25, -0.2) is 0 Å². The van der Waals surface area contributed by atoms with Crippen LogP contribution in [0.4, 0.5) is 0 Å². The maximum Gasteiger partial charge on any atom is 0.0292 e. The molecule has 0 aromatic carbocycles. The van der Waals surface area contributed by atoms with Crippen LogP contribution in [0, 0.1) is 0 Å². The second-order valence-corrected chi connectivity index (χ2v) is 2.48. The normalized spacial score (nSPS) is 14.1. The van der Waals surface area contributed by atoms with Gasteiger partial charge in [-0.05, 0) is 13.1 Å². The summed E-state index contributed by atoms with van der Waals surface area (Å²) in [6.07, 6.45) is 0. The molecule has 0 aliphatic heterocycles. The van der Waals surface area contributed by atoms with Crippen molar-refractivity contribution in [3.63, 3.8) is 0 Å². The minimum atomic E-state index is 0.139. The molecule has 10 heavy (non-hydrogen) atoms. The van der Waals surface area contributed by atoms with Crippen LogP contribution in [0.15, 0.2) is 0 Å². The molecular weight excluding hydrogens is 126 g/mol. The third kappa shape index (κ3) is 3.82. The summed E-state index contributed by atoms with van der Waals surface area (Å²) < 4.78 is 0. The Hall–Kier alpha value is -0.120. The van der Waals surface area contributed by atoms with Crippen molar-refractivity contribution >= 4 is 0 Å². The molecule has 0 bridgehead atoms. The maximum atomic E-state index is 5.66. The Balaban J connectivity index is 3.41. The van der Waals surface area contributed by atoms with E-state index in [4.69, 9.17) is 11.5 Å². The Morgan fingerprint density at radius 1 is 1.30 bits per heavy atom. The molecule has 0 rings (SSSR count). The predicted octanol–water partition coefficient (Wildman–Crippen LogP) is -0.386. The summed E-state index contributed by atoms with van der Waals surface area (Å²) in [5, 5.41) is 0. The van der Waals surface area contributed by atoms with Crippen LogP contribution in [-0.4, -0.2) is 37.1 Å². The van der Waals surface area contributed by atoms with E-state index in [9.17, 15) is 0 Å². The molecule has 4 N–H and O–H groups in total. The molecule has 0 radical (unpaired) electrons. The molecule has 0 aromatic heterocycles. The van der Waals surface area contributed by atoms with Crippen molar-refractivity contribution in [3.05, 3.63) is 0 Å². The lowest BCUT2D eigenvalue weighted by molar-refractivity contribution is 0.285. The molecular formula is C7H19N3. The SMILES string of the molecule is CCN(CC)CC(N)CN. The van der Waals surface area contributed by atoms with Crippen molar-refractivity contribution in [1.29, 1.82) is 0 Å². The fourth-order valence-electron chi connectivity index (χ4n) is 0.888. The topological polar surface area (TPSA) is 55.3 Å². The molecule has 0 aliphatic rings. The van der Waals surface area contributed by atoms with E-state index in [1.165, 1.54) is 0 Å². The van der Waals surface area contributed by atoms with E-state index < -0.39 is 0 Å². The number of rotatable bonds is 5. The first-order valence-electron chi connectivity index (χ1n) is 3.92. The predicted molar refractivity (Wildman–Crippen MR) is 44.8 cm³/mol. The summed E-state index contributed by atoms with van der Waals surface area (Å²) >= 11 is 0. The van der Waals surface area contributed by atoms with E-state index in [-0.39, 0.29) is 6.04 Å². The lowest BCUT2D eigenvalue weighted by Gasteiger charge is -2.21. The average molecular weight is 145 g/mol. The highest BCUT2D eigenvalue weighted by atomic mass is 15.1. The lowest BCUT2D eigenvalue weighted by atomic mass is 10.3. The zero-order valence-electron chi connectivity index (χ0n) is 7.01. The van der Waals surface area contributed by atoms with Gasteiger partial charge in [0.1, 0.15) is 0 Å². The van der Waals surface area contributed by atoms with Gasteiger partial charge in [0.2, 0.25) is 0 Å². The molecule has 0 saturated carbocycles. The lowest BCUT2D eigenvalue weighted by Crippen LogP contribution is -2.41. The summed E-state index contributed by atoms with van der Waals surface area (Å²) in [6, 6.07) is 0.139. The van der Waals surface area contributed by atoms with Crippen molar-refractivity contribution in [3.8, 4) is 0 Å². The highest BCUT2D eigenvalue weighted by Crippen LogP contribution is 1.87. The van der Waals surface area contributed by atoms with Crippen LogP contribution in [0.2, 0.25) is 0 Å². The van der Waals surface area contributed by atoms with Gasteiger partial charge in [-0.1, -0.05) is 13.8 Å². The largest absolute Gasteiger partial charge is 0.329 e. The zero-order valence-corrected chi connectivity index (χ0v) is 7.01. The second-order valence-electron chi connectivity index (χ2n) is 2.48. The Morgan fingerprint density at radius 3 is 2.10 bits per heavy atom. The molecule has 0 spiro atoms. The van der Waals surface area contributed by atoms with Crippen molar-refractivity contribution < 1.29 is 0 Å². The summed E-state index contributed by atoms with van der Waals surface area (Å²) in [4.78, 5) is 2.28.